The first kappa shape index (κ1) is 16.2. The molecular formula is C15H16BrN3O3. The van der Waals surface area contributed by atoms with Crippen molar-refractivity contribution in [3.05, 3.63) is 46.7 Å². The lowest BCUT2D eigenvalue weighted by molar-refractivity contribution is -0.141. The second kappa shape index (κ2) is 7.22. The fourth-order valence-electron chi connectivity index (χ4n) is 1.87. The summed E-state index contributed by atoms with van der Waals surface area (Å²) in [7, 11) is 1.32. The molecule has 6 nitrogen and oxygen atoms in total. The van der Waals surface area contributed by atoms with E-state index in [9.17, 15) is 9.59 Å². The van der Waals surface area contributed by atoms with E-state index >= 15 is 0 Å². The van der Waals surface area contributed by atoms with Crippen molar-refractivity contribution in [3.63, 3.8) is 0 Å². The van der Waals surface area contributed by atoms with Gasteiger partial charge in [0.2, 0.25) is 0 Å². The van der Waals surface area contributed by atoms with Gasteiger partial charge in [0, 0.05) is 16.7 Å². The smallest absolute Gasteiger partial charge is 0.307 e. The maximum absolute atomic E-state index is 12.1. The Balaban J connectivity index is 2.03. The predicted molar refractivity (Wildman–Crippen MR) is 84.8 cm³/mol. The molecule has 22 heavy (non-hydrogen) atoms. The quantitative estimate of drug-likeness (QED) is 0.825. The number of halogens is 1. The molecule has 116 valence electrons. The molecule has 7 heteroatoms. The molecule has 1 atom stereocenters. The summed E-state index contributed by atoms with van der Waals surface area (Å²) in [6, 6.07) is 7.26. The zero-order valence-electron chi connectivity index (χ0n) is 12.2. The minimum absolute atomic E-state index is 0.128. The molecule has 1 aromatic carbocycles. The molecule has 0 unspecified atom stereocenters. The van der Waals surface area contributed by atoms with Crippen LogP contribution in [0.2, 0.25) is 0 Å². The summed E-state index contributed by atoms with van der Waals surface area (Å²) in [4.78, 5) is 23.3. The van der Waals surface area contributed by atoms with Crippen LogP contribution in [0.5, 0.6) is 0 Å². The minimum atomic E-state index is -0.363. The Kier molecular flexibility index (Phi) is 5.32. The summed E-state index contributed by atoms with van der Waals surface area (Å²) in [5.74, 6) is -0.641. The van der Waals surface area contributed by atoms with Gasteiger partial charge in [-0.25, -0.2) is 4.68 Å². The second-order valence-electron chi connectivity index (χ2n) is 4.80. The maximum Gasteiger partial charge on any atom is 0.307 e. The van der Waals surface area contributed by atoms with E-state index in [0.717, 1.165) is 10.2 Å². The van der Waals surface area contributed by atoms with Gasteiger partial charge < -0.3 is 10.1 Å². The van der Waals surface area contributed by atoms with Crippen LogP contribution in [0.25, 0.3) is 5.69 Å². The zero-order valence-corrected chi connectivity index (χ0v) is 13.8. The number of nitrogens with one attached hydrogen (secondary N) is 1. The van der Waals surface area contributed by atoms with E-state index in [0.29, 0.717) is 5.56 Å². The highest BCUT2D eigenvalue weighted by atomic mass is 79.9. The highest BCUT2D eigenvalue weighted by Gasteiger charge is 2.15. The van der Waals surface area contributed by atoms with Crippen molar-refractivity contribution in [2.24, 2.45) is 0 Å². The number of ether oxygens (including phenoxy) is 1. The van der Waals surface area contributed by atoms with Crippen LogP contribution in [-0.2, 0) is 9.53 Å². The molecule has 0 bridgehead atoms. The number of esters is 1. The van der Waals surface area contributed by atoms with E-state index in [-0.39, 0.29) is 24.3 Å². The number of hydrogen-bond acceptors (Lipinski definition) is 4. The summed E-state index contributed by atoms with van der Waals surface area (Å²) in [5, 5.41) is 6.91. The molecule has 0 radical (unpaired) electrons. The SMILES string of the molecule is COC(=O)C[C@@H](C)NC(=O)c1cnn(-c2ccc(Br)cc2)c1. The van der Waals surface area contributed by atoms with Crippen molar-refractivity contribution >= 4 is 27.8 Å². The Hall–Kier alpha value is -2.15. The van der Waals surface area contributed by atoms with Gasteiger partial charge in [-0.3, -0.25) is 9.59 Å². The van der Waals surface area contributed by atoms with Gasteiger partial charge in [0.1, 0.15) is 0 Å². The van der Waals surface area contributed by atoms with Crippen LogP contribution in [0.1, 0.15) is 23.7 Å². The third kappa shape index (κ3) is 4.17. The molecule has 1 heterocycles. The fraction of sp³-hybridized carbons (Fsp3) is 0.267. The first-order valence-electron chi connectivity index (χ1n) is 6.68. The molecular weight excluding hydrogens is 350 g/mol. The van der Waals surface area contributed by atoms with E-state index in [2.05, 4.69) is 31.1 Å². The third-order valence-electron chi connectivity index (χ3n) is 3.01. The molecule has 0 spiro atoms. The number of carbonyl (C=O) groups is 2. The zero-order chi connectivity index (χ0) is 16.1. The third-order valence-corrected chi connectivity index (χ3v) is 3.54. The fourth-order valence-corrected chi connectivity index (χ4v) is 2.13. The molecule has 0 aliphatic heterocycles. The van der Waals surface area contributed by atoms with Gasteiger partial charge in [0.15, 0.2) is 0 Å². The lowest BCUT2D eigenvalue weighted by Gasteiger charge is -2.11. The first-order valence-corrected chi connectivity index (χ1v) is 7.47. The Labute approximate surface area is 136 Å². The number of nitrogens with zero attached hydrogens (tertiary/aromatic N) is 2. The van der Waals surface area contributed by atoms with Gasteiger partial charge in [-0.2, -0.15) is 5.10 Å². The van der Waals surface area contributed by atoms with Gasteiger partial charge >= 0.3 is 5.97 Å². The number of aromatic nitrogens is 2. The molecule has 2 aromatic rings. The van der Waals surface area contributed by atoms with E-state index in [4.69, 9.17) is 0 Å². The minimum Gasteiger partial charge on any atom is -0.469 e. The number of methoxy groups -OCH3 is 1. The molecule has 1 N–H and O–H groups in total. The molecule has 0 fully saturated rings. The number of hydrogen-bond donors (Lipinski definition) is 1. The summed E-state index contributed by atoms with van der Waals surface area (Å²) >= 11 is 3.37. The lowest BCUT2D eigenvalue weighted by atomic mass is 10.2. The monoisotopic (exact) mass is 365 g/mol. The van der Waals surface area contributed by atoms with Crippen LogP contribution in [-0.4, -0.2) is 34.8 Å². The molecule has 0 aliphatic carbocycles. The van der Waals surface area contributed by atoms with Crippen molar-refractivity contribution < 1.29 is 14.3 Å². The summed E-state index contributed by atoms with van der Waals surface area (Å²) < 4.78 is 7.16. The van der Waals surface area contributed by atoms with Gasteiger partial charge in [-0.15, -0.1) is 0 Å². The Bertz CT molecular complexity index is 667. The molecule has 1 aromatic heterocycles. The van der Waals surface area contributed by atoms with Crippen molar-refractivity contribution in [3.8, 4) is 5.69 Å². The second-order valence-corrected chi connectivity index (χ2v) is 5.72. The van der Waals surface area contributed by atoms with Crippen LogP contribution in [0.4, 0.5) is 0 Å². The standard InChI is InChI=1S/C15H16BrN3O3/c1-10(7-14(20)22-2)18-15(21)11-8-17-19(9-11)13-5-3-12(16)4-6-13/h3-6,8-10H,7H2,1-2H3,(H,18,21)/t10-/m1/s1. The molecule has 0 saturated heterocycles. The van der Waals surface area contributed by atoms with Gasteiger partial charge in [0.25, 0.3) is 5.91 Å². The number of benzene rings is 1. The van der Waals surface area contributed by atoms with E-state index < -0.39 is 0 Å². The lowest BCUT2D eigenvalue weighted by Crippen LogP contribution is -2.34. The highest BCUT2D eigenvalue weighted by molar-refractivity contribution is 9.10. The summed E-state index contributed by atoms with van der Waals surface area (Å²) in [6.45, 7) is 1.74. The van der Waals surface area contributed by atoms with Crippen LogP contribution in [0.15, 0.2) is 41.1 Å². The first-order chi connectivity index (χ1) is 10.5. The number of carbonyl (C=O) groups excluding carboxylic acids is 2. The van der Waals surface area contributed by atoms with E-state index in [1.54, 1.807) is 17.8 Å². The normalized spacial score (nSPS) is 11.8. The Morgan fingerprint density at radius 1 is 1.36 bits per heavy atom. The Morgan fingerprint density at radius 3 is 2.68 bits per heavy atom. The topological polar surface area (TPSA) is 73.2 Å². The average molecular weight is 366 g/mol. The van der Waals surface area contributed by atoms with E-state index in [1.165, 1.54) is 13.3 Å². The maximum atomic E-state index is 12.1. The summed E-state index contributed by atoms with van der Waals surface area (Å²) in [6.07, 6.45) is 3.26. The van der Waals surface area contributed by atoms with Crippen molar-refractivity contribution in [2.75, 3.05) is 7.11 Å². The van der Waals surface area contributed by atoms with Gasteiger partial charge in [0.05, 0.1) is 31.0 Å². The highest BCUT2D eigenvalue weighted by Crippen LogP contribution is 2.14. The molecule has 0 saturated carbocycles. The number of amides is 1. The van der Waals surface area contributed by atoms with E-state index in [1.807, 2.05) is 24.3 Å². The van der Waals surface area contributed by atoms with Crippen molar-refractivity contribution in [2.45, 2.75) is 19.4 Å². The summed E-state index contributed by atoms with van der Waals surface area (Å²) in [5.41, 5.74) is 1.28. The number of rotatable bonds is 5. The largest absolute Gasteiger partial charge is 0.469 e. The van der Waals surface area contributed by atoms with Crippen LogP contribution in [0.3, 0.4) is 0 Å². The molecule has 2 rings (SSSR count). The van der Waals surface area contributed by atoms with Crippen LogP contribution in [0, 0.1) is 0 Å². The van der Waals surface area contributed by atoms with Crippen LogP contribution >= 0.6 is 15.9 Å². The predicted octanol–water partition coefficient (Wildman–Crippen LogP) is 2.32. The van der Waals surface area contributed by atoms with Gasteiger partial charge in [-0.1, -0.05) is 15.9 Å². The average Bonchev–Trinajstić information content (AvgIpc) is 2.97. The Morgan fingerprint density at radius 2 is 2.05 bits per heavy atom. The molecule has 0 aliphatic rings. The van der Waals surface area contributed by atoms with Crippen molar-refractivity contribution in [1.82, 2.24) is 15.1 Å². The van der Waals surface area contributed by atoms with Crippen molar-refractivity contribution in [1.29, 1.82) is 0 Å². The molecule has 1 amide bonds. The van der Waals surface area contributed by atoms with Crippen LogP contribution < -0.4 is 5.32 Å². The van der Waals surface area contributed by atoms with Gasteiger partial charge in [-0.05, 0) is 31.2 Å².